The molecule has 0 unspecified atom stereocenters. The minimum absolute atomic E-state index is 0.0662. The Hall–Kier alpha value is -2.67. The Bertz CT molecular complexity index is 738. The number of nitrogens with one attached hydrogen (secondary N) is 1. The van der Waals surface area contributed by atoms with Crippen LogP contribution in [0.15, 0.2) is 36.7 Å². The lowest BCUT2D eigenvalue weighted by Crippen LogP contribution is -2.43. The number of carbonyl (C=O) groups is 1. The number of rotatable bonds is 5. The number of hydrogen-bond donors (Lipinski definition) is 1. The average Bonchev–Trinajstić information content (AvgIpc) is 2.68. The standard InChI is InChI=1S/C18H22N4O3/c1-19-18-17(20-6-7-21-18)15-12-22(8-9-25-15)16(23)11-13-4-3-5-14(10-13)24-2/h3-7,10,15H,8-9,11-12H2,1-2H3,(H,19,21)/t15-/m1/s1. The van der Waals surface area contributed by atoms with Crippen molar-refractivity contribution in [1.82, 2.24) is 14.9 Å². The molecular weight excluding hydrogens is 320 g/mol. The molecule has 132 valence electrons. The van der Waals surface area contributed by atoms with Crippen LogP contribution in [0.25, 0.3) is 0 Å². The summed E-state index contributed by atoms with van der Waals surface area (Å²) in [5.41, 5.74) is 1.66. The van der Waals surface area contributed by atoms with Gasteiger partial charge in [0.2, 0.25) is 5.91 Å². The highest BCUT2D eigenvalue weighted by molar-refractivity contribution is 5.79. The molecule has 7 nitrogen and oxygen atoms in total. The number of aromatic nitrogens is 2. The van der Waals surface area contributed by atoms with Crippen molar-refractivity contribution in [3.63, 3.8) is 0 Å². The van der Waals surface area contributed by atoms with E-state index in [-0.39, 0.29) is 12.0 Å². The fourth-order valence-corrected chi connectivity index (χ4v) is 2.89. The Kier molecular flexibility index (Phi) is 5.45. The third-order valence-electron chi connectivity index (χ3n) is 4.18. The number of carbonyl (C=O) groups excluding carboxylic acids is 1. The Labute approximate surface area is 147 Å². The third-order valence-corrected chi connectivity index (χ3v) is 4.18. The molecule has 0 spiro atoms. The van der Waals surface area contributed by atoms with Crippen LogP contribution < -0.4 is 10.1 Å². The molecule has 1 saturated heterocycles. The SMILES string of the molecule is CNc1nccnc1[C@H]1CN(C(=O)Cc2cccc(OC)c2)CCO1. The first-order chi connectivity index (χ1) is 12.2. The van der Waals surface area contributed by atoms with E-state index in [0.717, 1.165) is 17.0 Å². The van der Waals surface area contributed by atoms with Crippen LogP contribution in [0, 0.1) is 0 Å². The minimum Gasteiger partial charge on any atom is -0.497 e. The van der Waals surface area contributed by atoms with Crippen LogP contribution in [0.3, 0.4) is 0 Å². The molecule has 0 aliphatic carbocycles. The molecule has 7 heteroatoms. The maximum Gasteiger partial charge on any atom is 0.227 e. The number of benzene rings is 1. The molecule has 1 amide bonds. The molecule has 3 rings (SSSR count). The first-order valence-electron chi connectivity index (χ1n) is 8.22. The fourth-order valence-electron chi connectivity index (χ4n) is 2.89. The van der Waals surface area contributed by atoms with E-state index in [4.69, 9.17) is 9.47 Å². The largest absolute Gasteiger partial charge is 0.497 e. The van der Waals surface area contributed by atoms with Crippen LogP contribution >= 0.6 is 0 Å². The van der Waals surface area contributed by atoms with E-state index >= 15 is 0 Å². The average molecular weight is 342 g/mol. The Morgan fingerprint density at radius 1 is 1.40 bits per heavy atom. The predicted molar refractivity (Wildman–Crippen MR) is 93.5 cm³/mol. The van der Waals surface area contributed by atoms with Gasteiger partial charge in [-0.1, -0.05) is 12.1 Å². The second-order valence-corrected chi connectivity index (χ2v) is 5.77. The van der Waals surface area contributed by atoms with Crippen LogP contribution in [-0.2, 0) is 16.0 Å². The molecule has 1 aliphatic rings. The van der Waals surface area contributed by atoms with Crippen molar-refractivity contribution < 1.29 is 14.3 Å². The van der Waals surface area contributed by atoms with E-state index in [2.05, 4.69) is 15.3 Å². The molecule has 1 atom stereocenters. The third kappa shape index (κ3) is 4.06. The number of methoxy groups -OCH3 is 1. The van der Waals surface area contributed by atoms with Gasteiger partial charge in [-0.3, -0.25) is 9.78 Å². The van der Waals surface area contributed by atoms with Crippen molar-refractivity contribution >= 4 is 11.7 Å². The Balaban J connectivity index is 1.69. The number of amides is 1. The van der Waals surface area contributed by atoms with Gasteiger partial charge in [-0.2, -0.15) is 0 Å². The van der Waals surface area contributed by atoms with Gasteiger partial charge in [0.1, 0.15) is 23.4 Å². The van der Waals surface area contributed by atoms with Crippen molar-refractivity contribution in [3.8, 4) is 5.75 Å². The van der Waals surface area contributed by atoms with Crippen molar-refractivity contribution in [2.45, 2.75) is 12.5 Å². The van der Waals surface area contributed by atoms with Gasteiger partial charge < -0.3 is 19.7 Å². The Morgan fingerprint density at radius 3 is 3.04 bits per heavy atom. The second-order valence-electron chi connectivity index (χ2n) is 5.77. The van der Waals surface area contributed by atoms with Crippen LogP contribution in [0.2, 0.25) is 0 Å². The molecule has 1 N–H and O–H groups in total. The van der Waals surface area contributed by atoms with Gasteiger partial charge in [0.15, 0.2) is 0 Å². The van der Waals surface area contributed by atoms with Gasteiger partial charge in [0, 0.05) is 26.0 Å². The van der Waals surface area contributed by atoms with Gasteiger partial charge in [-0.05, 0) is 17.7 Å². The molecule has 1 aliphatic heterocycles. The van der Waals surface area contributed by atoms with E-state index in [1.165, 1.54) is 0 Å². The van der Waals surface area contributed by atoms with Crippen LogP contribution in [0.5, 0.6) is 5.75 Å². The van der Waals surface area contributed by atoms with E-state index in [9.17, 15) is 4.79 Å². The quantitative estimate of drug-likeness (QED) is 0.891. The molecule has 1 aromatic carbocycles. The number of ether oxygens (including phenoxy) is 2. The van der Waals surface area contributed by atoms with E-state index in [0.29, 0.717) is 31.9 Å². The smallest absolute Gasteiger partial charge is 0.227 e. The maximum atomic E-state index is 12.7. The topological polar surface area (TPSA) is 76.6 Å². The van der Waals surface area contributed by atoms with Gasteiger partial charge in [-0.25, -0.2) is 4.98 Å². The maximum absolute atomic E-state index is 12.7. The summed E-state index contributed by atoms with van der Waals surface area (Å²) >= 11 is 0. The zero-order valence-electron chi connectivity index (χ0n) is 14.4. The molecule has 0 radical (unpaired) electrons. The minimum atomic E-state index is -0.279. The number of hydrogen-bond acceptors (Lipinski definition) is 6. The first-order valence-corrected chi connectivity index (χ1v) is 8.22. The highest BCUT2D eigenvalue weighted by Gasteiger charge is 2.28. The van der Waals surface area contributed by atoms with Crippen molar-refractivity contribution in [2.75, 3.05) is 39.2 Å². The number of morpholine rings is 1. The zero-order valence-corrected chi connectivity index (χ0v) is 14.4. The predicted octanol–water partition coefficient (Wildman–Crippen LogP) is 1.67. The van der Waals surface area contributed by atoms with E-state index in [1.54, 1.807) is 26.6 Å². The normalized spacial score (nSPS) is 17.2. The molecule has 0 saturated carbocycles. The summed E-state index contributed by atoms with van der Waals surface area (Å²) in [7, 11) is 3.41. The zero-order chi connectivity index (χ0) is 17.6. The molecule has 2 aromatic rings. The summed E-state index contributed by atoms with van der Waals surface area (Å²) < 4.78 is 11.0. The van der Waals surface area contributed by atoms with Crippen LogP contribution in [0.4, 0.5) is 5.82 Å². The molecular formula is C18H22N4O3. The van der Waals surface area contributed by atoms with E-state index < -0.39 is 0 Å². The lowest BCUT2D eigenvalue weighted by molar-refractivity contribution is -0.138. The molecule has 0 bridgehead atoms. The van der Waals surface area contributed by atoms with Crippen molar-refractivity contribution in [3.05, 3.63) is 47.9 Å². The molecule has 1 fully saturated rings. The van der Waals surface area contributed by atoms with Gasteiger partial charge >= 0.3 is 0 Å². The lowest BCUT2D eigenvalue weighted by atomic mass is 10.1. The summed E-state index contributed by atoms with van der Waals surface area (Å²) in [6.45, 7) is 1.53. The Morgan fingerprint density at radius 2 is 2.24 bits per heavy atom. The van der Waals surface area contributed by atoms with Crippen LogP contribution in [-0.4, -0.2) is 54.6 Å². The lowest BCUT2D eigenvalue weighted by Gasteiger charge is -2.33. The summed E-state index contributed by atoms with van der Waals surface area (Å²) in [5, 5.41) is 3.02. The monoisotopic (exact) mass is 342 g/mol. The molecule has 25 heavy (non-hydrogen) atoms. The molecule has 1 aromatic heterocycles. The highest BCUT2D eigenvalue weighted by atomic mass is 16.5. The van der Waals surface area contributed by atoms with Gasteiger partial charge in [-0.15, -0.1) is 0 Å². The van der Waals surface area contributed by atoms with Gasteiger partial charge in [0.05, 0.1) is 26.7 Å². The van der Waals surface area contributed by atoms with Crippen molar-refractivity contribution in [1.29, 1.82) is 0 Å². The van der Waals surface area contributed by atoms with Crippen molar-refractivity contribution in [2.24, 2.45) is 0 Å². The van der Waals surface area contributed by atoms with Gasteiger partial charge in [0.25, 0.3) is 0 Å². The number of anilines is 1. The number of nitrogens with zero attached hydrogens (tertiary/aromatic N) is 3. The summed E-state index contributed by atoms with van der Waals surface area (Å²) in [6, 6.07) is 7.58. The molecule has 2 heterocycles. The summed E-state index contributed by atoms with van der Waals surface area (Å²) in [6.07, 6.45) is 3.32. The highest BCUT2D eigenvalue weighted by Crippen LogP contribution is 2.25. The first kappa shape index (κ1) is 17.2. The van der Waals surface area contributed by atoms with Crippen LogP contribution in [0.1, 0.15) is 17.4 Å². The second kappa shape index (κ2) is 7.94. The fraction of sp³-hybridized carbons (Fsp3) is 0.389. The summed E-state index contributed by atoms with van der Waals surface area (Å²) in [5.74, 6) is 1.49. The van der Waals surface area contributed by atoms with E-state index in [1.807, 2.05) is 29.2 Å². The summed E-state index contributed by atoms with van der Waals surface area (Å²) in [4.78, 5) is 23.1.